The Morgan fingerprint density at radius 3 is 2.35 bits per heavy atom. The van der Waals surface area contributed by atoms with Crippen LogP contribution >= 0.6 is 0 Å². The fourth-order valence-electron chi connectivity index (χ4n) is 4.87. The van der Waals surface area contributed by atoms with Gasteiger partial charge in [-0.1, -0.05) is 31.4 Å². The summed E-state index contributed by atoms with van der Waals surface area (Å²) in [6.45, 7) is 3.75. The SMILES string of the molecule is COc1ccc(CN2CCN(C(=O)c3cccc(NC(=O)C4CCCCC4)c3)CC2)cc1OC. The molecule has 1 saturated carbocycles. The summed E-state index contributed by atoms with van der Waals surface area (Å²) in [5.41, 5.74) is 2.47. The highest BCUT2D eigenvalue weighted by atomic mass is 16.5. The first-order chi connectivity index (χ1) is 16.6. The molecule has 0 bridgehead atoms. The standard InChI is InChI=1S/C27H35N3O4/c1-33-24-12-11-20(17-25(24)34-2)19-29-13-15-30(16-14-29)27(32)22-9-6-10-23(18-22)28-26(31)21-7-4-3-5-8-21/h6,9-12,17-18,21H,3-5,7-8,13-16,19H2,1-2H3,(H,28,31). The summed E-state index contributed by atoms with van der Waals surface area (Å²) in [5.74, 6) is 1.63. The zero-order chi connectivity index (χ0) is 23.9. The van der Waals surface area contributed by atoms with Gasteiger partial charge in [-0.15, -0.1) is 0 Å². The predicted molar refractivity (Wildman–Crippen MR) is 132 cm³/mol. The monoisotopic (exact) mass is 465 g/mol. The van der Waals surface area contributed by atoms with Crippen molar-refractivity contribution in [3.63, 3.8) is 0 Å². The molecule has 7 nitrogen and oxygen atoms in total. The lowest BCUT2D eigenvalue weighted by Crippen LogP contribution is -2.48. The van der Waals surface area contributed by atoms with Gasteiger partial charge in [-0.05, 0) is 48.7 Å². The van der Waals surface area contributed by atoms with Crippen molar-refractivity contribution in [2.24, 2.45) is 5.92 Å². The van der Waals surface area contributed by atoms with E-state index in [1.807, 2.05) is 41.3 Å². The van der Waals surface area contributed by atoms with E-state index in [0.29, 0.717) is 24.3 Å². The molecule has 1 N–H and O–H groups in total. The van der Waals surface area contributed by atoms with E-state index in [9.17, 15) is 9.59 Å². The summed E-state index contributed by atoms with van der Waals surface area (Å²) in [7, 11) is 3.27. The minimum atomic E-state index is 0.0135. The van der Waals surface area contributed by atoms with Gasteiger partial charge in [0.2, 0.25) is 5.91 Å². The fourth-order valence-corrected chi connectivity index (χ4v) is 4.87. The Labute approximate surface area is 202 Å². The van der Waals surface area contributed by atoms with Gasteiger partial charge in [0.05, 0.1) is 14.2 Å². The number of carbonyl (C=O) groups is 2. The van der Waals surface area contributed by atoms with Crippen molar-refractivity contribution < 1.29 is 19.1 Å². The van der Waals surface area contributed by atoms with Crippen LogP contribution in [0.1, 0.15) is 48.0 Å². The first-order valence-electron chi connectivity index (χ1n) is 12.2. The number of nitrogens with one attached hydrogen (secondary N) is 1. The number of anilines is 1. The summed E-state index contributed by atoms with van der Waals surface area (Å²) in [6.07, 6.45) is 5.37. The van der Waals surface area contributed by atoms with Crippen LogP contribution in [0.25, 0.3) is 0 Å². The highest BCUT2D eigenvalue weighted by Gasteiger charge is 2.24. The zero-order valence-electron chi connectivity index (χ0n) is 20.2. The highest BCUT2D eigenvalue weighted by molar-refractivity contribution is 5.97. The maximum Gasteiger partial charge on any atom is 0.254 e. The van der Waals surface area contributed by atoms with Crippen LogP contribution in [0.5, 0.6) is 11.5 Å². The maximum atomic E-state index is 13.1. The number of amides is 2. The first kappa shape index (κ1) is 24.1. The molecule has 2 aliphatic rings. The number of nitrogens with zero attached hydrogens (tertiary/aromatic N) is 2. The lowest BCUT2D eigenvalue weighted by atomic mass is 9.88. The fraction of sp³-hybridized carbons (Fsp3) is 0.481. The number of hydrogen-bond donors (Lipinski definition) is 1. The number of ether oxygens (including phenoxy) is 2. The topological polar surface area (TPSA) is 71.1 Å². The number of rotatable bonds is 7. The van der Waals surface area contributed by atoms with Crippen LogP contribution in [0, 0.1) is 5.92 Å². The van der Waals surface area contributed by atoms with Crippen molar-refractivity contribution >= 4 is 17.5 Å². The van der Waals surface area contributed by atoms with Gasteiger partial charge in [0.25, 0.3) is 5.91 Å². The molecule has 1 saturated heterocycles. The second kappa shape index (κ2) is 11.4. The van der Waals surface area contributed by atoms with Crippen LogP contribution < -0.4 is 14.8 Å². The largest absolute Gasteiger partial charge is 0.493 e. The molecular formula is C27H35N3O4. The summed E-state index contributed by atoms with van der Waals surface area (Å²) in [4.78, 5) is 29.9. The molecule has 34 heavy (non-hydrogen) atoms. The molecule has 4 rings (SSSR count). The second-order valence-corrected chi connectivity index (χ2v) is 9.16. The molecule has 2 fully saturated rings. The Morgan fingerprint density at radius 2 is 1.65 bits per heavy atom. The normalized spacial score (nSPS) is 17.3. The number of piperazine rings is 1. The molecule has 1 heterocycles. The Kier molecular flexibility index (Phi) is 8.06. The minimum absolute atomic E-state index is 0.0135. The van der Waals surface area contributed by atoms with Crippen molar-refractivity contribution in [1.82, 2.24) is 9.80 Å². The molecule has 182 valence electrons. The molecule has 7 heteroatoms. The first-order valence-corrected chi connectivity index (χ1v) is 12.2. The molecule has 1 aliphatic heterocycles. The van der Waals surface area contributed by atoms with Gasteiger partial charge in [-0.2, -0.15) is 0 Å². The molecule has 1 aliphatic carbocycles. The van der Waals surface area contributed by atoms with E-state index in [0.717, 1.165) is 62.4 Å². The van der Waals surface area contributed by atoms with E-state index in [1.165, 1.54) is 6.42 Å². The average molecular weight is 466 g/mol. The molecule has 2 aromatic carbocycles. The van der Waals surface area contributed by atoms with E-state index in [-0.39, 0.29) is 17.7 Å². The third-order valence-corrected chi connectivity index (χ3v) is 6.87. The molecule has 2 aromatic rings. The van der Waals surface area contributed by atoms with Crippen molar-refractivity contribution in [3.8, 4) is 11.5 Å². The number of hydrogen-bond acceptors (Lipinski definition) is 5. The Morgan fingerprint density at radius 1 is 0.912 bits per heavy atom. The average Bonchev–Trinajstić information content (AvgIpc) is 2.89. The summed E-state index contributed by atoms with van der Waals surface area (Å²) < 4.78 is 10.7. The van der Waals surface area contributed by atoms with E-state index >= 15 is 0 Å². The predicted octanol–water partition coefficient (Wildman–Crippen LogP) is 4.18. The second-order valence-electron chi connectivity index (χ2n) is 9.16. The Bertz CT molecular complexity index is 995. The van der Waals surface area contributed by atoms with Crippen LogP contribution in [0.15, 0.2) is 42.5 Å². The van der Waals surface area contributed by atoms with Crippen LogP contribution in [0.4, 0.5) is 5.69 Å². The van der Waals surface area contributed by atoms with Crippen LogP contribution in [0.3, 0.4) is 0 Å². The number of methoxy groups -OCH3 is 2. The maximum absolute atomic E-state index is 13.1. The summed E-state index contributed by atoms with van der Waals surface area (Å²) in [5, 5.41) is 3.02. The quantitative estimate of drug-likeness (QED) is 0.664. The molecule has 0 spiro atoms. The summed E-state index contributed by atoms with van der Waals surface area (Å²) in [6, 6.07) is 13.3. The molecule has 2 amide bonds. The van der Waals surface area contributed by atoms with Gasteiger partial charge in [-0.25, -0.2) is 0 Å². The Balaban J connectivity index is 1.31. The van der Waals surface area contributed by atoms with E-state index in [1.54, 1.807) is 20.3 Å². The van der Waals surface area contributed by atoms with E-state index < -0.39 is 0 Å². The van der Waals surface area contributed by atoms with Gasteiger partial charge < -0.3 is 19.7 Å². The van der Waals surface area contributed by atoms with Crippen LogP contribution in [-0.2, 0) is 11.3 Å². The van der Waals surface area contributed by atoms with Crippen molar-refractivity contribution in [1.29, 1.82) is 0 Å². The molecule has 0 unspecified atom stereocenters. The number of carbonyl (C=O) groups excluding carboxylic acids is 2. The lowest BCUT2D eigenvalue weighted by Gasteiger charge is -2.35. The zero-order valence-corrected chi connectivity index (χ0v) is 20.2. The minimum Gasteiger partial charge on any atom is -0.493 e. The van der Waals surface area contributed by atoms with Crippen LogP contribution in [0.2, 0.25) is 0 Å². The van der Waals surface area contributed by atoms with Gasteiger partial charge >= 0.3 is 0 Å². The summed E-state index contributed by atoms with van der Waals surface area (Å²) >= 11 is 0. The van der Waals surface area contributed by atoms with Crippen molar-refractivity contribution in [2.75, 3.05) is 45.7 Å². The van der Waals surface area contributed by atoms with Gasteiger partial charge in [0.15, 0.2) is 11.5 Å². The van der Waals surface area contributed by atoms with E-state index in [4.69, 9.17) is 9.47 Å². The van der Waals surface area contributed by atoms with Gasteiger partial charge in [-0.3, -0.25) is 14.5 Å². The highest BCUT2D eigenvalue weighted by Crippen LogP contribution is 2.28. The molecule has 0 radical (unpaired) electrons. The third kappa shape index (κ3) is 5.89. The van der Waals surface area contributed by atoms with E-state index in [2.05, 4.69) is 10.2 Å². The molecule has 0 atom stereocenters. The smallest absolute Gasteiger partial charge is 0.254 e. The van der Waals surface area contributed by atoms with Gasteiger partial charge in [0.1, 0.15) is 0 Å². The third-order valence-electron chi connectivity index (χ3n) is 6.87. The molecule has 0 aromatic heterocycles. The Hall–Kier alpha value is -3.06. The van der Waals surface area contributed by atoms with Crippen molar-refractivity contribution in [3.05, 3.63) is 53.6 Å². The van der Waals surface area contributed by atoms with Crippen molar-refractivity contribution in [2.45, 2.75) is 38.6 Å². The lowest BCUT2D eigenvalue weighted by molar-refractivity contribution is -0.120. The van der Waals surface area contributed by atoms with Gasteiger partial charge in [0, 0.05) is 49.9 Å². The molecular weight excluding hydrogens is 430 g/mol. The van der Waals surface area contributed by atoms with Crippen LogP contribution in [-0.4, -0.2) is 62.0 Å². The number of benzene rings is 2.